The molecule has 1 atom stereocenters. The van der Waals surface area contributed by atoms with E-state index in [1.807, 2.05) is 31.2 Å². The van der Waals surface area contributed by atoms with E-state index in [1.165, 1.54) is 0 Å². The smallest absolute Gasteiger partial charge is 0.238 e. The highest BCUT2D eigenvalue weighted by Gasteiger charge is 2.17. The maximum atomic E-state index is 11.9. The number of nitrogens with one attached hydrogen (secondary N) is 2. The van der Waals surface area contributed by atoms with Gasteiger partial charge in [-0.25, -0.2) is 0 Å². The second-order valence-corrected chi connectivity index (χ2v) is 5.01. The molecule has 19 heavy (non-hydrogen) atoms. The van der Waals surface area contributed by atoms with Gasteiger partial charge in [0.25, 0.3) is 0 Å². The fourth-order valence-electron chi connectivity index (χ4n) is 2.28. The van der Waals surface area contributed by atoms with Crippen molar-refractivity contribution < 1.29 is 4.79 Å². The van der Waals surface area contributed by atoms with Gasteiger partial charge in [0.1, 0.15) is 0 Å². The zero-order valence-corrected chi connectivity index (χ0v) is 12.3. The van der Waals surface area contributed by atoms with Crippen LogP contribution in [0, 0.1) is 6.92 Å². The van der Waals surface area contributed by atoms with Crippen LogP contribution in [0.4, 0.5) is 5.69 Å². The zero-order valence-electron chi connectivity index (χ0n) is 11.5. The highest BCUT2D eigenvalue weighted by atomic mass is 35.5. The number of aryl methyl sites for hydroxylation is 1. The molecule has 1 fully saturated rings. The van der Waals surface area contributed by atoms with E-state index in [0.29, 0.717) is 12.6 Å². The summed E-state index contributed by atoms with van der Waals surface area (Å²) in [4.78, 5) is 14.1. The van der Waals surface area contributed by atoms with Gasteiger partial charge in [0.15, 0.2) is 0 Å². The van der Waals surface area contributed by atoms with E-state index in [1.54, 1.807) is 0 Å². The molecular weight excluding hydrogens is 262 g/mol. The van der Waals surface area contributed by atoms with Crippen LogP contribution in [0.5, 0.6) is 0 Å². The number of hydrogen-bond acceptors (Lipinski definition) is 3. The molecule has 1 aromatic rings. The van der Waals surface area contributed by atoms with Crippen LogP contribution in [0.25, 0.3) is 0 Å². The predicted octanol–water partition coefficient (Wildman–Crippen LogP) is 1.65. The zero-order chi connectivity index (χ0) is 13.0. The summed E-state index contributed by atoms with van der Waals surface area (Å²) in [6, 6.07) is 8.35. The number of rotatable bonds is 3. The first-order chi connectivity index (χ1) is 8.63. The van der Waals surface area contributed by atoms with E-state index in [9.17, 15) is 4.79 Å². The third kappa shape index (κ3) is 5.19. The fourth-order valence-corrected chi connectivity index (χ4v) is 2.28. The Morgan fingerprint density at radius 2 is 2.32 bits per heavy atom. The fraction of sp³-hybridized carbons (Fsp3) is 0.500. The second kappa shape index (κ2) is 7.48. The number of amides is 1. The summed E-state index contributed by atoms with van der Waals surface area (Å²) in [6.45, 7) is 7.46. The molecule has 5 heteroatoms. The van der Waals surface area contributed by atoms with E-state index in [0.717, 1.165) is 30.9 Å². The number of carbonyl (C=O) groups excluding carboxylic acids is 1. The van der Waals surface area contributed by atoms with E-state index < -0.39 is 0 Å². The lowest BCUT2D eigenvalue weighted by Crippen LogP contribution is -2.51. The largest absolute Gasteiger partial charge is 0.325 e. The maximum Gasteiger partial charge on any atom is 0.238 e. The van der Waals surface area contributed by atoms with Gasteiger partial charge in [-0.2, -0.15) is 0 Å². The van der Waals surface area contributed by atoms with Crippen molar-refractivity contribution in [3.63, 3.8) is 0 Å². The van der Waals surface area contributed by atoms with Crippen LogP contribution in [0.1, 0.15) is 12.5 Å². The van der Waals surface area contributed by atoms with Gasteiger partial charge in [-0.1, -0.05) is 12.1 Å². The van der Waals surface area contributed by atoms with Crippen molar-refractivity contribution in [3.05, 3.63) is 29.8 Å². The highest BCUT2D eigenvalue weighted by Crippen LogP contribution is 2.09. The number of carbonyl (C=O) groups is 1. The summed E-state index contributed by atoms with van der Waals surface area (Å²) in [5, 5.41) is 6.31. The second-order valence-electron chi connectivity index (χ2n) is 5.01. The molecule has 0 saturated carbocycles. The van der Waals surface area contributed by atoms with Crippen LogP contribution in [0.2, 0.25) is 0 Å². The molecule has 0 spiro atoms. The van der Waals surface area contributed by atoms with Gasteiger partial charge in [0.05, 0.1) is 6.54 Å². The van der Waals surface area contributed by atoms with Gasteiger partial charge in [0, 0.05) is 31.4 Å². The van der Waals surface area contributed by atoms with E-state index in [-0.39, 0.29) is 18.3 Å². The molecule has 1 heterocycles. The van der Waals surface area contributed by atoms with Crippen LogP contribution in [0.3, 0.4) is 0 Å². The molecule has 1 amide bonds. The molecule has 0 radical (unpaired) electrons. The number of halogens is 1. The van der Waals surface area contributed by atoms with Crippen molar-refractivity contribution >= 4 is 24.0 Å². The van der Waals surface area contributed by atoms with Crippen LogP contribution in [0.15, 0.2) is 24.3 Å². The first-order valence-corrected chi connectivity index (χ1v) is 6.46. The van der Waals surface area contributed by atoms with Crippen LogP contribution in [-0.4, -0.2) is 43.0 Å². The Hall–Kier alpha value is -1.10. The summed E-state index contributed by atoms with van der Waals surface area (Å²) in [5.74, 6) is 0.0645. The van der Waals surface area contributed by atoms with Gasteiger partial charge in [0.2, 0.25) is 5.91 Å². The number of anilines is 1. The molecule has 1 aromatic carbocycles. The van der Waals surface area contributed by atoms with Gasteiger partial charge in [-0.05, 0) is 31.5 Å². The predicted molar refractivity (Wildman–Crippen MR) is 81.0 cm³/mol. The molecule has 0 aromatic heterocycles. The van der Waals surface area contributed by atoms with Crippen molar-refractivity contribution in [1.29, 1.82) is 0 Å². The Morgan fingerprint density at radius 1 is 1.53 bits per heavy atom. The van der Waals surface area contributed by atoms with E-state index in [2.05, 4.69) is 22.5 Å². The van der Waals surface area contributed by atoms with Crippen molar-refractivity contribution in [2.24, 2.45) is 0 Å². The lowest BCUT2D eigenvalue weighted by molar-refractivity contribution is -0.117. The molecule has 0 bridgehead atoms. The monoisotopic (exact) mass is 283 g/mol. The van der Waals surface area contributed by atoms with Gasteiger partial charge in [-0.15, -0.1) is 12.4 Å². The molecule has 4 nitrogen and oxygen atoms in total. The summed E-state index contributed by atoms with van der Waals surface area (Å²) in [7, 11) is 0. The minimum Gasteiger partial charge on any atom is -0.325 e. The molecular formula is C14H22ClN3O. The van der Waals surface area contributed by atoms with Crippen molar-refractivity contribution in [1.82, 2.24) is 10.2 Å². The molecule has 1 unspecified atom stereocenters. The minimum absolute atomic E-state index is 0. The van der Waals surface area contributed by atoms with Crippen LogP contribution in [-0.2, 0) is 4.79 Å². The maximum absolute atomic E-state index is 11.9. The Kier molecular flexibility index (Phi) is 6.28. The molecule has 0 aliphatic carbocycles. The van der Waals surface area contributed by atoms with Gasteiger partial charge in [-0.3, -0.25) is 9.69 Å². The standard InChI is InChI=1S/C14H21N3O.ClH/c1-11-4-3-5-13(8-11)16-14(18)10-17-7-6-15-12(2)9-17;/h3-5,8,12,15H,6-7,9-10H2,1-2H3,(H,16,18);1H. The van der Waals surface area contributed by atoms with Crippen LogP contribution < -0.4 is 10.6 Å². The molecule has 1 aliphatic rings. The molecule has 106 valence electrons. The summed E-state index contributed by atoms with van der Waals surface area (Å²) < 4.78 is 0. The normalized spacial score (nSPS) is 19.6. The lowest BCUT2D eigenvalue weighted by Gasteiger charge is -2.31. The average molecular weight is 284 g/mol. The van der Waals surface area contributed by atoms with Gasteiger partial charge >= 0.3 is 0 Å². The minimum atomic E-state index is 0. The highest BCUT2D eigenvalue weighted by molar-refractivity contribution is 5.92. The third-order valence-electron chi connectivity index (χ3n) is 3.12. The number of nitrogens with zero attached hydrogens (tertiary/aromatic N) is 1. The lowest BCUT2D eigenvalue weighted by atomic mass is 10.2. The topological polar surface area (TPSA) is 44.4 Å². The molecule has 2 rings (SSSR count). The Bertz CT molecular complexity index is 425. The average Bonchev–Trinajstić information content (AvgIpc) is 2.28. The van der Waals surface area contributed by atoms with Crippen LogP contribution >= 0.6 is 12.4 Å². The summed E-state index contributed by atoms with van der Waals surface area (Å²) >= 11 is 0. The van der Waals surface area contributed by atoms with Crippen molar-refractivity contribution in [3.8, 4) is 0 Å². The number of hydrogen-bond donors (Lipinski definition) is 2. The first kappa shape index (κ1) is 16.0. The number of piperazine rings is 1. The summed E-state index contributed by atoms with van der Waals surface area (Å²) in [6.07, 6.45) is 0. The SMILES string of the molecule is Cc1cccc(NC(=O)CN2CCNC(C)C2)c1.Cl. The number of benzene rings is 1. The first-order valence-electron chi connectivity index (χ1n) is 6.46. The Morgan fingerprint density at radius 3 is 3.00 bits per heavy atom. The van der Waals surface area contributed by atoms with E-state index in [4.69, 9.17) is 0 Å². The molecule has 2 N–H and O–H groups in total. The summed E-state index contributed by atoms with van der Waals surface area (Å²) in [5.41, 5.74) is 2.03. The molecule has 1 aliphatic heterocycles. The van der Waals surface area contributed by atoms with Gasteiger partial charge < -0.3 is 10.6 Å². The van der Waals surface area contributed by atoms with Crippen molar-refractivity contribution in [2.75, 3.05) is 31.5 Å². The molecule has 1 saturated heterocycles. The van der Waals surface area contributed by atoms with Crippen molar-refractivity contribution in [2.45, 2.75) is 19.9 Å². The van der Waals surface area contributed by atoms with E-state index >= 15 is 0 Å². The Labute approximate surface area is 121 Å². The Balaban J connectivity index is 0.00000180. The third-order valence-corrected chi connectivity index (χ3v) is 3.12. The quantitative estimate of drug-likeness (QED) is 0.887.